The van der Waals surface area contributed by atoms with Gasteiger partial charge in [0.1, 0.15) is 0 Å². The van der Waals surface area contributed by atoms with Gasteiger partial charge in [-0.2, -0.15) is 5.26 Å². The number of aryl methyl sites for hydroxylation is 1. The lowest BCUT2D eigenvalue weighted by Crippen LogP contribution is -2.27. The Hall–Kier alpha value is -2.80. The smallest absolute Gasteiger partial charge is 0.219 e. The zero-order valence-corrected chi connectivity index (χ0v) is 12.6. The molecule has 0 aliphatic heterocycles. The zero-order chi connectivity index (χ0) is 15.9. The van der Waals surface area contributed by atoms with Crippen LogP contribution < -0.4 is 10.6 Å². The van der Waals surface area contributed by atoms with Crippen molar-refractivity contribution in [2.24, 2.45) is 5.73 Å². The molecule has 0 bridgehead atoms. The van der Waals surface area contributed by atoms with Gasteiger partial charge >= 0.3 is 0 Å². The lowest BCUT2D eigenvalue weighted by molar-refractivity contribution is -0.117. The first-order chi connectivity index (χ1) is 10.6. The summed E-state index contributed by atoms with van der Waals surface area (Å²) in [5.74, 6) is -0.308. The SMILES string of the molecule is Cc1cccc(N(CCC(N)=O)Cc2ccc(C#N)cc2)c1. The summed E-state index contributed by atoms with van der Waals surface area (Å²) in [6, 6.07) is 17.7. The Labute approximate surface area is 130 Å². The Bertz CT molecular complexity index is 686. The predicted octanol–water partition coefficient (Wildman–Crippen LogP) is 2.75. The second-order valence-corrected chi connectivity index (χ2v) is 5.29. The summed E-state index contributed by atoms with van der Waals surface area (Å²) < 4.78 is 0. The first kappa shape index (κ1) is 15.6. The average Bonchev–Trinajstić information content (AvgIpc) is 2.52. The first-order valence-corrected chi connectivity index (χ1v) is 7.17. The molecule has 2 aromatic carbocycles. The fourth-order valence-electron chi connectivity index (χ4n) is 2.27. The molecule has 4 heteroatoms. The van der Waals surface area contributed by atoms with Crippen LogP contribution in [0.1, 0.15) is 23.1 Å². The van der Waals surface area contributed by atoms with E-state index in [1.165, 1.54) is 5.56 Å². The van der Waals surface area contributed by atoms with E-state index in [4.69, 9.17) is 11.0 Å². The molecule has 0 fully saturated rings. The molecule has 0 unspecified atom stereocenters. The second-order valence-electron chi connectivity index (χ2n) is 5.29. The van der Waals surface area contributed by atoms with Gasteiger partial charge in [0.25, 0.3) is 0 Å². The third-order valence-corrected chi connectivity index (χ3v) is 3.45. The topological polar surface area (TPSA) is 70.1 Å². The number of rotatable bonds is 6. The van der Waals surface area contributed by atoms with Crippen LogP contribution >= 0.6 is 0 Å². The van der Waals surface area contributed by atoms with E-state index in [0.717, 1.165) is 11.3 Å². The van der Waals surface area contributed by atoms with Crippen molar-refractivity contribution in [3.05, 3.63) is 65.2 Å². The number of hydrogen-bond acceptors (Lipinski definition) is 3. The minimum atomic E-state index is -0.308. The molecule has 0 spiro atoms. The third kappa shape index (κ3) is 4.35. The summed E-state index contributed by atoms with van der Waals surface area (Å²) in [4.78, 5) is 13.2. The molecule has 2 aromatic rings. The Morgan fingerprint density at radius 1 is 1.23 bits per heavy atom. The van der Waals surface area contributed by atoms with Crippen molar-refractivity contribution in [3.63, 3.8) is 0 Å². The van der Waals surface area contributed by atoms with Crippen LogP contribution in [-0.4, -0.2) is 12.5 Å². The van der Waals surface area contributed by atoms with E-state index >= 15 is 0 Å². The number of carbonyl (C=O) groups is 1. The first-order valence-electron chi connectivity index (χ1n) is 7.17. The van der Waals surface area contributed by atoms with Crippen molar-refractivity contribution in [2.75, 3.05) is 11.4 Å². The molecule has 0 heterocycles. The highest BCUT2D eigenvalue weighted by Gasteiger charge is 2.09. The maximum atomic E-state index is 11.1. The van der Waals surface area contributed by atoms with Gasteiger partial charge in [0.05, 0.1) is 11.6 Å². The molecule has 1 amide bonds. The van der Waals surface area contributed by atoms with E-state index in [2.05, 4.69) is 17.0 Å². The van der Waals surface area contributed by atoms with Crippen molar-refractivity contribution < 1.29 is 4.79 Å². The summed E-state index contributed by atoms with van der Waals surface area (Å²) in [6.45, 7) is 3.28. The Balaban J connectivity index is 2.19. The average molecular weight is 293 g/mol. The number of primary amides is 1. The molecule has 0 aromatic heterocycles. The lowest BCUT2D eigenvalue weighted by Gasteiger charge is -2.25. The van der Waals surface area contributed by atoms with E-state index in [0.29, 0.717) is 25.1 Å². The van der Waals surface area contributed by atoms with Crippen LogP contribution in [0.15, 0.2) is 48.5 Å². The van der Waals surface area contributed by atoms with Gasteiger partial charge in [-0.3, -0.25) is 4.79 Å². The number of carbonyl (C=O) groups excluding carboxylic acids is 1. The molecule has 0 atom stereocenters. The van der Waals surface area contributed by atoms with Crippen molar-refractivity contribution in [1.82, 2.24) is 0 Å². The van der Waals surface area contributed by atoms with E-state index in [-0.39, 0.29) is 5.91 Å². The predicted molar refractivity (Wildman–Crippen MR) is 87.2 cm³/mol. The number of nitrogens with zero attached hydrogens (tertiary/aromatic N) is 2. The van der Waals surface area contributed by atoms with Gasteiger partial charge < -0.3 is 10.6 Å². The van der Waals surface area contributed by atoms with E-state index in [9.17, 15) is 4.79 Å². The van der Waals surface area contributed by atoms with Crippen molar-refractivity contribution >= 4 is 11.6 Å². The van der Waals surface area contributed by atoms with E-state index < -0.39 is 0 Å². The number of amides is 1. The normalized spacial score (nSPS) is 10.0. The fourth-order valence-corrected chi connectivity index (χ4v) is 2.27. The molecule has 0 aliphatic carbocycles. The largest absolute Gasteiger partial charge is 0.370 e. The highest BCUT2D eigenvalue weighted by Crippen LogP contribution is 2.19. The molecule has 2 N–H and O–H groups in total. The molecule has 2 rings (SSSR count). The quantitative estimate of drug-likeness (QED) is 0.890. The van der Waals surface area contributed by atoms with Gasteiger partial charge in [0.2, 0.25) is 5.91 Å². The zero-order valence-electron chi connectivity index (χ0n) is 12.6. The van der Waals surface area contributed by atoms with Crippen molar-refractivity contribution in [1.29, 1.82) is 5.26 Å². The van der Waals surface area contributed by atoms with Crippen LogP contribution in [0, 0.1) is 18.3 Å². The minimum absolute atomic E-state index is 0.308. The van der Waals surface area contributed by atoms with Crippen molar-refractivity contribution in [3.8, 4) is 6.07 Å². The molecular weight excluding hydrogens is 274 g/mol. The maximum Gasteiger partial charge on any atom is 0.219 e. The monoisotopic (exact) mass is 293 g/mol. The van der Waals surface area contributed by atoms with Gasteiger partial charge in [-0.05, 0) is 42.3 Å². The van der Waals surface area contributed by atoms with Crippen LogP contribution in [0.2, 0.25) is 0 Å². The number of anilines is 1. The van der Waals surface area contributed by atoms with Gasteiger partial charge in [-0.25, -0.2) is 0 Å². The van der Waals surface area contributed by atoms with E-state index in [1.54, 1.807) is 12.1 Å². The molecule has 4 nitrogen and oxygen atoms in total. The molecule has 0 radical (unpaired) electrons. The van der Waals surface area contributed by atoms with Gasteiger partial charge in [-0.1, -0.05) is 24.3 Å². The summed E-state index contributed by atoms with van der Waals surface area (Å²) >= 11 is 0. The number of benzene rings is 2. The standard InChI is InChI=1S/C18H19N3O/c1-14-3-2-4-17(11-14)21(10-9-18(20)22)13-16-7-5-15(12-19)6-8-16/h2-8,11H,9-10,13H2,1H3,(H2,20,22). The number of nitriles is 1. The molecule has 0 saturated heterocycles. The number of nitrogens with two attached hydrogens (primary N) is 1. The highest BCUT2D eigenvalue weighted by molar-refractivity contribution is 5.74. The summed E-state index contributed by atoms with van der Waals surface area (Å²) in [5, 5.41) is 8.85. The van der Waals surface area contributed by atoms with Crippen LogP contribution in [0.5, 0.6) is 0 Å². The molecule has 0 saturated carbocycles. The molecule has 0 aliphatic rings. The Morgan fingerprint density at radius 3 is 2.55 bits per heavy atom. The van der Waals surface area contributed by atoms with Gasteiger partial charge in [-0.15, -0.1) is 0 Å². The number of hydrogen-bond donors (Lipinski definition) is 1. The summed E-state index contributed by atoms with van der Waals surface area (Å²) in [7, 11) is 0. The fraction of sp³-hybridized carbons (Fsp3) is 0.222. The maximum absolute atomic E-state index is 11.1. The summed E-state index contributed by atoms with van der Waals surface area (Å²) in [5.41, 5.74) is 9.24. The van der Waals surface area contributed by atoms with Gasteiger partial charge in [0, 0.05) is 25.2 Å². The summed E-state index contributed by atoms with van der Waals surface area (Å²) in [6.07, 6.45) is 0.310. The molecular formula is C18H19N3O. The van der Waals surface area contributed by atoms with Crippen LogP contribution in [0.4, 0.5) is 5.69 Å². The Morgan fingerprint density at radius 2 is 1.95 bits per heavy atom. The second kappa shape index (κ2) is 7.28. The molecule has 112 valence electrons. The lowest BCUT2D eigenvalue weighted by atomic mass is 10.1. The van der Waals surface area contributed by atoms with E-state index in [1.807, 2.05) is 37.3 Å². The van der Waals surface area contributed by atoms with Crippen LogP contribution in [0.3, 0.4) is 0 Å². The highest BCUT2D eigenvalue weighted by atomic mass is 16.1. The van der Waals surface area contributed by atoms with Crippen LogP contribution in [-0.2, 0) is 11.3 Å². The van der Waals surface area contributed by atoms with Crippen molar-refractivity contribution in [2.45, 2.75) is 19.9 Å². The minimum Gasteiger partial charge on any atom is -0.370 e. The van der Waals surface area contributed by atoms with Gasteiger partial charge in [0.15, 0.2) is 0 Å². The third-order valence-electron chi connectivity index (χ3n) is 3.45. The Kier molecular flexibility index (Phi) is 5.16. The van der Waals surface area contributed by atoms with Crippen LogP contribution in [0.25, 0.3) is 0 Å². The molecule has 22 heavy (non-hydrogen) atoms.